The fourth-order valence-electron chi connectivity index (χ4n) is 1.95. The summed E-state index contributed by atoms with van der Waals surface area (Å²) in [6.07, 6.45) is 1.42. The van der Waals surface area contributed by atoms with Gasteiger partial charge in [0.05, 0.1) is 5.02 Å². The van der Waals surface area contributed by atoms with Crippen LogP contribution in [0.4, 0.5) is 16.0 Å². The zero-order valence-corrected chi connectivity index (χ0v) is 12.1. The van der Waals surface area contributed by atoms with Crippen LogP contribution in [0.2, 0.25) is 5.02 Å². The van der Waals surface area contributed by atoms with Crippen molar-refractivity contribution in [3.63, 3.8) is 0 Å². The summed E-state index contributed by atoms with van der Waals surface area (Å²) in [5, 5.41) is 3.29. The molecule has 1 heterocycles. The average Bonchev–Trinajstić information content (AvgIpc) is 2.39. The first-order valence-electron chi connectivity index (χ1n) is 6.27. The molecule has 6 heteroatoms. The molecule has 0 saturated carbocycles. The molecule has 0 unspecified atom stereocenters. The van der Waals surface area contributed by atoms with E-state index in [1.54, 1.807) is 12.1 Å². The molecular formula is C14H16ClFN4. The molecule has 0 bridgehead atoms. The molecule has 2 aromatic rings. The number of rotatable bonds is 4. The Morgan fingerprint density at radius 1 is 1.35 bits per heavy atom. The van der Waals surface area contributed by atoms with Gasteiger partial charge in [-0.15, -0.1) is 0 Å². The Morgan fingerprint density at radius 3 is 2.75 bits per heavy atom. The maximum atomic E-state index is 13.1. The highest BCUT2D eigenvalue weighted by Gasteiger charge is 2.12. The second-order valence-corrected chi connectivity index (χ2v) is 5.19. The van der Waals surface area contributed by atoms with E-state index in [4.69, 9.17) is 17.3 Å². The number of hydrogen-bond donors (Lipinski definition) is 2. The van der Waals surface area contributed by atoms with Crippen molar-refractivity contribution in [2.45, 2.75) is 26.3 Å². The number of hydrogen-bond acceptors (Lipinski definition) is 4. The van der Waals surface area contributed by atoms with Gasteiger partial charge in [0.1, 0.15) is 23.8 Å². The van der Waals surface area contributed by atoms with Crippen molar-refractivity contribution < 1.29 is 4.39 Å². The first-order valence-corrected chi connectivity index (χ1v) is 6.65. The fourth-order valence-corrected chi connectivity index (χ4v) is 2.16. The van der Waals surface area contributed by atoms with Crippen molar-refractivity contribution in [3.8, 4) is 0 Å². The molecule has 0 spiro atoms. The molecule has 2 rings (SSSR count). The Morgan fingerprint density at radius 2 is 2.10 bits per heavy atom. The molecule has 0 fully saturated rings. The van der Waals surface area contributed by atoms with E-state index in [-0.39, 0.29) is 10.9 Å². The van der Waals surface area contributed by atoms with Crippen LogP contribution in [0.25, 0.3) is 0 Å². The van der Waals surface area contributed by atoms with Gasteiger partial charge < -0.3 is 11.1 Å². The molecule has 1 aromatic carbocycles. The summed E-state index contributed by atoms with van der Waals surface area (Å²) in [6.45, 7) is 4.53. The van der Waals surface area contributed by atoms with Crippen molar-refractivity contribution in [2.75, 3.05) is 11.1 Å². The zero-order valence-electron chi connectivity index (χ0n) is 11.3. The van der Waals surface area contributed by atoms with E-state index in [1.165, 1.54) is 12.4 Å². The fraction of sp³-hybridized carbons (Fsp3) is 0.286. The van der Waals surface area contributed by atoms with E-state index < -0.39 is 5.82 Å². The first kappa shape index (κ1) is 14.5. The summed E-state index contributed by atoms with van der Waals surface area (Å²) < 4.78 is 13.1. The first-order chi connectivity index (χ1) is 9.49. The number of anilines is 2. The van der Waals surface area contributed by atoms with E-state index in [1.807, 2.05) is 13.8 Å². The number of aromatic nitrogens is 2. The van der Waals surface area contributed by atoms with Gasteiger partial charge in [-0.25, -0.2) is 14.4 Å². The monoisotopic (exact) mass is 294 g/mol. The summed E-state index contributed by atoms with van der Waals surface area (Å²) in [6, 6.07) is 4.61. The van der Waals surface area contributed by atoms with Gasteiger partial charge >= 0.3 is 0 Å². The normalized spacial score (nSPS) is 10.8. The number of nitrogens with one attached hydrogen (secondary N) is 1. The lowest BCUT2D eigenvalue weighted by Crippen LogP contribution is -2.09. The van der Waals surface area contributed by atoms with Crippen LogP contribution in [0.15, 0.2) is 24.5 Å². The molecule has 0 saturated heterocycles. The van der Waals surface area contributed by atoms with Crippen molar-refractivity contribution in [2.24, 2.45) is 0 Å². The lowest BCUT2D eigenvalue weighted by atomic mass is 10.0. The number of halogens is 2. The lowest BCUT2D eigenvalue weighted by Gasteiger charge is -2.15. The minimum Gasteiger partial charge on any atom is -0.383 e. The number of benzene rings is 1. The molecule has 4 nitrogen and oxygen atoms in total. The van der Waals surface area contributed by atoms with Gasteiger partial charge in [0.2, 0.25) is 0 Å². The van der Waals surface area contributed by atoms with E-state index in [2.05, 4.69) is 15.3 Å². The third-order valence-electron chi connectivity index (χ3n) is 2.94. The van der Waals surface area contributed by atoms with E-state index in [0.717, 1.165) is 11.1 Å². The topological polar surface area (TPSA) is 63.8 Å². The van der Waals surface area contributed by atoms with Gasteiger partial charge in [-0.1, -0.05) is 31.5 Å². The summed E-state index contributed by atoms with van der Waals surface area (Å²) >= 11 is 5.75. The van der Waals surface area contributed by atoms with Gasteiger partial charge in [-0.2, -0.15) is 0 Å². The van der Waals surface area contributed by atoms with Crippen LogP contribution in [0.3, 0.4) is 0 Å². The molecule has 3 N–H and O–H groups in total. The number of nitrogen functional groups attached to an aromatic ring is 1. The van der Waals surface area contributed by atoms with Crippen molar-refractivity contribution in [3.05, 3.63) is 46.5 Å². The molecule has 0 aliphatic carbocycles. The van der Waals surface area contributed by atoms with Crippen LogP contribution in [-0.4, -0.2) is 9.97 Å². The number of nitrogens with zero attached hydrogens (tertiary/aromatic N) is 2. The largest absolute Gasteiger partial charge is 0.383 e. The summed E-state index contributed by atoms with van der Waals surface area (Å²) in [5.41, 5.74) is 7.61. The third kappa shape index (κ3) is 3.17. The number of nitrogens with two attached hydrogens (primary N) is 1. The molecule has 0 aliphatic rings. The quantitative estimate of drug-likeness (QED) is 0.904. The smallest absolute Gasteiger partial charge is 0.141 e. The third-order valence-corrected chi connectivity index (χ3v) is 3.23. The summed E-state index contributed by atoms with van der Waals surface area (Å²) in [7, 11) is 0. The maximum absolute atomic E-state index is 13.1. The van der Waals surface area contributed by atoms with Crippen LogP contribution < -0.4 is 11.1 Å². The molecule has 20 heavy (non-hydrogen) atoms. The second kappa shape index (κ2) is 6.05. The molecule has 0 radical (unpaired) electrons. The molecular weight excluding hydrogens is 279 g/mol. The predicted molar refractivity (Wildman–Crippen MR) is 79.3 cm³/mol. The SMILES string of the molecule is CC(C)c1c(N)ncnc1NCc1ccc(F)c(Cl)c1. The minimum absolute atomic E-state index is 0.107. The molecule has 0 aliphatic heterocycles. The predicted octanol–water partition coefficient (Wildman–Crippen LogP) is 3.59. The van der Waals surface area contributed by atoms with Crippen LogP contribution in [0, 0.1) is 5.82 Å². The van der Waals surface area contributed by atoms with E-state index in [0.29, 0.717) is 18.2 Å². The van der Waals surface area contributed by atoms with Gasteiger partial charge in [0, 0.05) is 12.1 Å². The Labute approximate surface area is 122 Å². The van der Waals surface area contributed by atoms with Crippen molar-refractivity contribution >= 4 is 23.2 Å². The van der Waals surface area contributed by atoms with Gasteiger partial charge in [-0.05, 0) is 23.6 Å². The Balaban J connectivity index is 2.18. The van der Waals surface area contributed by atoms with Gasteiger partial charge in [0.15, 0.2) is 0 Å². The van der Waals surface area contributed by atoms with Crippen LogP contribution >= 0.6 is 11.6 Å². The standard InChI is InChI=1S/C14H16ClFN4/c1-8(2)12-13(17)19-7-20-14(12)18-6-9-3-4-11(16)10(15)5-9/h3-5,7-8H,6H2,1-2H3,(H3,17,18,19,20). The molecule has 0 amide bonds. The zero-order chi connectivity index (χ0) is 14.7. The highest BCUT2D eigenvalue weighted by molar-refractivity contribution is 6.30. The van der Waals surface area contributed by atoms with Crippen LogP contribution in [0.5, 0.6) is 0 Å². The second-order valence-electron chi connectivity index (χ2n) is 4.78. The Bertz CT molecular complexity index is 616. The maximum Gasteiger partial charge on any atom is 0.141 e. The highest BCUT2D eigenvalue weighted by Crippen LogP contribution is 2.26. The van der Waals surface area contributed by atoms with Gasteiger partial charge in [0.25, 0.3) is 0 Å². The Kier molecular flexibility index (Phi) is 4.39. The van der Waals surface area contributed by atoms with E-state index in [9.17, 15) is 4.39 Å². The minimum atomic E-state index is -0.426. The summed E-state index contributed by atoms with van der Waals surface area (Å²) in [4.78, 5) is 8.20. The molecule has 1 aromatic heterocycles. The van der Waals surface area contributed by atoms with Crippen molar-refractivity contribution in [1.29, 1.82) is 0 Å². The Hall–Kier alpha value is -1.88. The summed E-state index contributed by atoms with van der Waals surface area (Å²) in [5.74, 6) is 0.933. The van der Waals surface area contributed by atoms with Crippen LogP contribution in [-0.2, 0) is 6.54 Å². The molecule has 0 atom stereocenters. The van der Waals surface area contributed by atoms with E-state index >= 15 is 0 Å². The van der Waals surface area contributed by atoms with Crippen LogP contribution in [0.1, 0.15) is 30.9 Å². The van der Waals surface area contributed by atoms with Gasteiger partial charge in [-0.3, -0.25) is 0 Å². The lowest BCUT2D eigenvalue weighted by molar-refractivity contribution is 0.627. The highest BCUT2D eigenvalue weighted by atomic mass is 35.5. The average molecular weight is 295 g/mol. The van der Waals surface area contributed by atoms with Crippen molar-refractivity contribution in [1.82, 2.24) is 9.97 Å². The molecule has 106 valence electrons.